The molecule has 2 amide bonds. The molecule has 2 N–H and O–H groups in total. The summed E-state index contributed by atoms with van der Waals surface area (Å²) in [7, 11) is 1.53. The van der Waals surface area contributed by atoms with Crippen LogP contribution in [0, 0.1) is 0 Å². The molecule has 0 fully saturated rings. The van der Waals surface area contributed by atoms with Gasteiger partial charge >= 0.3 is 0 Å². The van der Waals surface area contributed by atoms with Gasteiger partial charge in [-0.3, -0.25) is 9.59 Å². The van der Waals surface area contributed by atoms with E-state index in [1.54, 1.807) is 24.3 Å². The molecule has 0 radical (unpaired) electrons. The third-order valence-corrected chi connectivity index (χ3v) is 4.80. The maximum Gasteiger partial charge on any atom is 0.256 e. The molecular weight excluding hydrogens is 390 g/mol. The van der Waals surface area contributed by atoms with Crippen LogP contribution >= 0.6 is 0 Å². The summed E-state index contributed by atoms with van der Waals surface area (Å²) in [5.41, 5.74) is 3.88. The van der Waals surface area contributed by atoms with Crippen molar-refractivity contribution < 1.29 is 14.3 Å². The number of carbonyl (C=O) groups excluding carboxylic acids is 2. The number of methoxy groups -OCH3 is 1. The molecule has 0 bridgehead atoms. The number of fused-ring (bicyclic) bond motifs is 1. The van der Waals surface area contributed by atoms with Gasteiger partial charge in [-0.05, 0) is 30.3 Å². The molecule has 1 heterocycles. The van der Waals surface area contributed by atoms with Gasteiger partial charge in [0.15, 0.2) is 0 Å². The van der Waals surface area contributed by atoms with E-state index in [1.807, 2.05) is 54.6 Å². The predicted molar refractivity (Wildman–Crippen MR) is 122 cm³/mol. The minimum atomic E-state index is -0.297. The molecule has 31 heavy (non-hydrogen) atoms. The van der Waals surface area contributed by atoms with Gasteiger partial charge in [-0.1, -0.05) is 48.5 Å². The summed E-state index contributed by atoms with van der Waals surface area (Å²) in [5.74, 6) is -0.00627. The fourth-order valence-electron chi connectivity index (χ4n) is 3.40. The highest BCUT2D eigenvalue weighted by molar-refractivity contribution is 6.13. The van der Waals surface area contributed by atoms with Gasteiger partial charge in [-0.2, -0.15) is 0 Å². The van der Waals surface area contributed by atoms with Gasteiger partial charge in [0.1, 0.15) is 5.75 Å². The quantitative estimate of drug-likeness (QED) is 0.478. The second kappa shape index (κ2) is 8.67. The third-order valence-electron chi connectivity index (χ3n) is 4.80. The van der Waals surface area contributed by atoms with Crippen LogP contribution in [0.2, 0.25) is 0 Å². The number of para-hydroxylation sites is 1. The maximum atomic E-state index is 13.3. The number of anilines is 2. The molecule has 0 unspecified atom stereocenters. The van der Waals surface area contributed by atoms with E-state index in [0.717, 1.165) is 16.5 Å². The Bertz CT molecular complexity index is 1270. The number of nitrogens with zero attached hydrogens (tertiary/aromatic N) is 1. The van der Waals surface area contributed by atoms with E-state index in [-0.39, 0.29) is 11.8 Å². The first-order valence-electron chi connectivity index (χ1n) is 9.77. The number of hydrogen-bond donors (Lipinski definition) is 2. The summed E-state index contributed by atoms with van der Waals surface area (Å²) in [6, 6.07) is 24.1. The van der Waals surface area contributed by atoms with Gasteiger partial charge in [-0.25, -0.2) is 4.98 Å². The minimum absolute atomic E-state index is 0.199. The van der Waals surface area contributed by atoms with Gasteiger partial charge in [0.2, 0.25) is 5.91 Å². The number of rotatable bonds is 5. The topological polar surface area (TPSA) is 80.3 Å². The number of amides is 2. The summed E-state index contributed by atoms with van der Waals surface area (Å²) < 4.78 is 5.38. The molecule has 0 saturated carbocycles. The monoisotopic (exact) mass is 411 g/mol. The van der Waals surface area contributed by atoms with E-state index in [2.05, 4.69) is 10.6 Å². The van der Waals surface area contributed by atoms with Crippen molar-refractivity contribution in [3.8, 4) is 17.0 Å². The minimum Gasteiger partial charge on any atom is -0.495 e. The molecule has 0 spiro atoms. The molecule has 0 aliphatic carbocycles. The molecule has 0 aliphatic rings. The van der Waals surface area contributed by atoms with Crippen LogP contribution in [0.4, 0.5) is 11.4 Å². The van der Waals surface area contributed by atoms with Crippen molar-refractivity contribution in [1.29, 1.82) is 0 Å². The average Bonchev–Trinajstić information content (AvgIpc) is 2.78. The van der Waals surface area contributed by atoms with Gasteiger partial charge in [0.05, 0.1) is 29.6 Å². The van der Waals surface area contributed by atoms with Crippen molar-refractivity contribution in [2.24, 2.45) is 0 Å². The molecule has 3 aromatic carbocycles. The van der Waals surface area contributed by atoms with Crippen molar-refractivity contribution >= 4 is 34.1 Å². The number of aromatic nitrogens is 1. The van der Waals surface area contributed by atoms with Crippen LogP contribution in [0.15, 0.2) is 78.9 Å². The first kappa shape index (κ1) is 20.1. The predicted octanol–water partition coefficient (Wildman–Crippen LogP) is 5.12. The lowest BCUT2D eigenvalue weighted by Crippen LogP contribution is -2.14. The Morgan fingerprint density at radius 3 is 2.35 bits per heavy atom. The molecule has 6 nitrogen and oxygen atoms in total. The summed E-state index contributed by atoms with van der Waals surface area (Å²) >= 11 is 0. The van der Waals surface area contributed by atoms with E-state index in [4.69, 9.17) is 9.72 Å². The second-order valence-electron chi connectivity index (χ2n) is 6.99. The van der Waals surface area contributed by atoms with E-state index in [1.165, 1.54) is 14.0 Å². The Morgan fingerprint density at radius 1 is 0.871 bits per heavy atom. The molecule has 6 heteroatoms. The SMILES string of the molecule is COc1ccc(NC(C)=O)cc1NC(=O)c1cc(-c2ccccc2)nc2ccccc12. The Balaban J connectivity index is 1.77. The lowest BCUT2D eigenvalue weighted by atomic mass is 10.0. The Kier molecular flexibility index (Phi) is 5.62. The van der Waals surface area contributed by atoms with Crippen LogP contribution in [0.1, 0.15) is 17.3 Å². The van der Waals surface area contributed by atoms with Gasteiger partial charge < -0.3 is 15.4 Å². The number of benzene rings is 3. The number of pyridine rings is 1. The molecule has 4 rings (SSSR count). The Morgan fingerprint density at radius 2 is 1.61 bits per heavy atom. The fraction of sp³-hybridized carbons (Fsp3) is 0.0800. The van der Waals surface area contributed by atoms with Crippen molar-refractivity contribution in [2.75, 3.05) is 17.7 Å². The summed E-state index contributed by atoms with van der Waals surface area (Å²) in [6.45, 7) is 1.43. The average molecular weight is 411 g/mol. The molecule has 0 aliphatic heterocycles. The summed E-state index contributed by atoms with van der Waals surface area (Å²) in [4.78, 5) is 29.5. The highest BCUT2D eigenvalue weighted by Gasteiger charge is 2.16. The molecule has 0 atom stereocenters. The van der Waals surface area contributed by atoms with Crippen molar-refractivity contribution in [1.82, 2.24) is 4.98 Å². The number of ether oxygens (including phenoxy) is 1. The highest BCUT2D eigenvalue weighted by atomic mass is 16.5. The Hall–Kier alpha value is -4.19. The van der Waals surface area contributed by atoms with Crippen LogP contribution in [-0.4, -0.2) is 23.9 Å². The highest BCUT2D eigenvalue weighted by Crippen LogP contribution is 2.30. The van der Waals surface area contributed by atoms with Crippen molar-refractivity contribution in [3.63, 3.8) is 0 Å². The second-order valence-corrected chi connectivity index (χ2v) is 6.99. The molecule has 0 saturated heterocycles. The smallest absolute Gasteiger partial charge is 0.256 e. The first-order valence-corrected chi connectivity index (χ1v) is 9.77. The summed E-state index contributed by atoms with van der Waals surface area (Å²) in [6.07, 6.45) is 0. The lowest BCUT2D eigenvalue weighted by molar-refractivity contribution is -0.114. The zero-order valence-corrected chi connectivity index (χ0v) is 17.2. The number of nitrogens with one attached hydrogen (secondary N) is 2. The van der Waals surface area contributed by atoms with Crippen LogP contribution in [0.5, 0.6) is 5.75 Å². The number of hydrogen-bond acceptors (Lipinski definition) is 4. The van der Waals surface area contributed by atoms with Crippen LogP contribution in [0.25, 0.3) is 22.2 Å². The fourth-order valence-corrected chi connectivity index (χ4v) is 3.40. The zero-order chi connectivity index (χ0) is 21.8. The molecule has 154 valence electrons. The number of carbonyl (C=O) groups is 2. The van der Waals surface area contributed by atoms with E-state index < -0.39 is 0 Å². The van der Waals surface area contributed by atoms with Crippen LogP contribution in [-0.2, 0) is 4.79 Å². The standard InChI is InChI=1S/C25H21N3O3/c1-16(29)26-18-12-13-24(31-2)23(14-18)28-25(30)20-15-22(17-8-4-3-5-9-17)27-21-11-7-6-10-19(20)21/h3-15H,1-2H3,(H,26,29)(H,28,30). The van der Waals surface area contributed by atoms with E-state index in [0.29, 0.717) is 28.4 Å². The molecule has 4 aromatic rings. The molecular formula is C25H21N3O3. The van der Waals surface area contributed by atoms with Gasteiger partial charge in [-0.15, -0.1) is 0 Å². The van der Waals surface area contributed by atoms with Crippen molar-refractivity contribution in [3.05, 3.63) is 84.4 Å². The Labute approximate surface area is 179 Å². The van der Waals surface area contributed by atoms with Gasteiger partial charge in [0, 0.05) is 23.6 Å². The zero-order valence-electron chi connectivity index (χ0n) is 17.2. The largest absolute Gasteiger partial charge is 0.495 e. The van der Waals surface area contributed by atoms with Crippen molar-refractivity contribution in [2.45, 2.75) is 6.92 Å². The van der Waals surface area contributed by atoms with Crippen LogP contribution in [0.3, 0.4) is 0 Å². The third kappa shape index (κ3) is 4.38. The maximum absolute atomic E-state index is 13.3. The first-order chi connectivity index (χ1) is 15.0. The van der Waals surface area contributed by atoms with E-state index >= 15 is 0 Å². The van der Waals surface area contributed by atoms with Crippen LogP contribution < -0.4 is 15.4 Å². The van der Waals surface area contributed by atoms with E-state index in [9.17, 15) is 9.59 Å². The lowest BCUT2D eigenvalue weighted by Gasteiger charge is -2.14. The van der Waals surface area contributed by atoms with Gasteiger partial charge in [0.25, 0.3) is 5.91 Å². The summed E-state index contributed by atoms with van der Waals surface area (Å²) in [5, 5.41) is 6.38. The molecule has 1 aromatic heterocycles. The normalized spacial score (nSPS) is 10.5.